The SMILES string of the molecule is C#CCCC[C@H](NC(=O)C(F)(F)F)C(=O)O. The second-order valence-electron chi connectivity index (χ2n) is 2.96. The third-order valence-electron chi connectivity index (χ3n) is 1.67. The van der Waals surface area contributed by atoms with Gasteiger partial charge < -0.3 is 10.4 Å². The molecule has 0 spiro atoms. The highest BCUT2D eigenvalue weighted by molar-refractivity contribution is 5.86. The van der Waals surface area contributed by atoms with Crippen LogP contribution in [0.1, 0.15) is 19.3 Å². The molecule has 0 aromatic rings. The maximum Gasteiger partial charge on any atom is 0.471 e. The Kier molecular flexibility index (Phi) is 5.36. The van der Waals surface area contributed by atoms with Crippen LogP contribution in [-0.2, 0) is 9.59 Å². The zero-order valence-electron chi connectivity index (χ0n) is 8.17. The number of carboxylic acid groups (broad SMARTS) is 1. The molecule has 0 aliphatic heterocycles. The van der Waals surface area contributed by atoms with Crippen LogP contribution < -0.4 is 5.32 Å². The maximum atomic E-state index is 11.8. The van der Waals surface area contributed by atoms with Gasteiger partial charge in [0.05, 0.1) is 0 Å². The average molecular weight is 237 g/mol. The van der Waals surface area contributed by atoms with E-state index in [1.165, 1.54) is 5.32 Å². The van der Waals surface area contributed by atoms with Gasteiger partial charge in [0, 0.05) is 6.42 Å². The van der Waals surface area contributed by atoms with Gasteiger partial charge in [0.15, 0.2) is 0 Å². The van der Waals surface area contributed by atoms with E-state index in [0.717, 1.165) is 0 Å². The number of unbranched alkanes of at least 4 members (excludes halogenated alkanes) is 1. The lowest BCUT2D eigenvalue weighted by atomic mass is 10.1. The smallest absolute Gasteiger partial charge is 0.471 e. The van der Waals surface area contributed by atoms with Gasteiger partial charge in [-0.1, -0.05) is 0 Å². The van der Waals surface area contributed by atoms with Gasteiger partial charge >= 0.3 is 18.1 Å². The molecule has 0 saturated carbocycles. The Bertz CT molecular complexity index is 306. The molecule has 0 radical (unpaired) electrons. The molecule has 0 fully saturated rings. The molecule has 0 unspecified atom stereocenters. The van der Waals surface area contributed by atoms with E-state index in [4.69, 9.17) is 11.5 Å². The highest BCUT2D eigenvalue weighted by Crippen LogP contribution is 2.15. The predicted octanol–water partition coefficient (Wildman–Crippen LogP) is 0.922. The molecular formula is C9H10F3NO3. The van der Waals surface area contributed by atoms with Gasteiger partial charge in [-0.25, -0.2) is 4.79 Å². The molecule has 16 heavy (non-hydrogen) atoms. The summed E-state index contributed by atoms with van der Waals surface area (Å²) in [6.07, 6.45) is 0.145. The standard InChI is InChI=1S/C9H10F3NO3/c1-2-3-4-5-6(7(14)15)13-8(16)9(10,11)12/h1,6H,3-5H2,(H,13,16)(H,14,15)/t6-/m0/s1. The van der Waals surface area contributed by atoms with E-state index < -0.39 is 24.1 Å². The second-order valence-corrected chi connectivity index (χ2v) is 2.96. The van der Waals surface area contributed by atoms with E-state index in [2.05, 4.69) is 5.92 Å². The average Bonchev–Trinajstić information content (AvgIpc) is 2.14. The van der Waals surface area contributed by atoms with Crippen LogP contribution in [0.5, 0.6) is 0 Å². The molecule has 0 heterocycles. The van der Waals surface area contributed by atoms with Crippen LogP contribution in [-0.4, -0.2) is 29.2 Å². The molecule has 2 N–H and O–H groups in total. The van der Waals surface area contributed by atoms with Gasteiger partial charge in [0.2, 0.25) is 0 Å². The zero-order chi connectivity index (χ0) is 12.8. The largest absolute Gasteiger partial charge is 0.480 e. The van der Waals surface area contributed by atoms with Crippen molar-refractivity contribution in [1.29, 1.82) is 0 Å². The number of carbonyl (C=O) groups excluding carboxylic acids is 1. The molecule has 1 atom stereocenters. The Morgan fingerprint density at radius 2 is 2.00 bits per heavy atom. The van der Waals surface area contributed by atoms with Crippen LogP contribution >= 0.6 is 0 Å². The summed E-state index contributed by atoms with van der Waals surface area (Å²) >= 11 is 0. The number of alkyl halides is 3. The van der Waals surface area contributed by atoms with Gasteiger partial charge in [0.1, 0.15) is 6.04 Å². The first kappa shape index (κ1) is 14.3. The molecule has 7 heteroatoms. The number of carboxylic acids is 1. The Morgan fingerprint density at radius 1 is 1.44 bits per heavy atom. The van der Waals surface area contributed by atoms with Crippen molar-refractivity contribution in [3.8, 4) is 12.3 Å². The normalized spacial score (nSPS) is 12.6. The molecule has 0 aromatic heterocycles. The minimum atomic E-state index is -5.08. The molecule has 0 aromatic carbocycles. The molecule has 4 nitrogen and oxygen atoms in total. The first-order valence-corrected chi connectivity index (χ1v) is 4.33. The lowest BCUT2D eigenvalue weighted by Crippen LogP contribution is -2.46. The van der Waals surface area contributed by atoms with Gasteiger partial charge in [-0.05, 0) is 12.8 Å². The summed E-state index contributed by atoms with van der Waals surface area (Å²) in [5.74, 6) is -1.56. The lowest BCUT2D eigenvalue weighted by molar-refractivity contribution is -0.175. The fourth-order valence-electron chi connectivity index (χ4n) is 0.906. The molecular weight excluding hydrogens is 227 g/mol. The van der Waals surface area contributed by atoms with Crippen molar-refractivity contribution in [1.82, 2.24) is 5.32 Å². The van der Waals surface area contributed by atoms with Crippen LogP contribution in [0.15, 0.2) is 0 Å². The molecule has 0 saturated heterocycles. The summed E-state index contributed by atoms with van der Waals surface area (Å²) in [6.45, 7) is 0. The maximum absolute atomic E-state index is 11.8. The summed E-state index contributed by atoms with van der Waals surface area (Å²) in [4.78, 5) is 21.0. The van der Waals surface area contributed by atoms with Gasteiger partial charge in [-0.2, -0.15) is 13.2 Å². The summed E-state index contributed by atoms with van der Waals surface area (Å²) in [7, 11) is 0. The van der Waals surface area contributed by atoms with E-state index in [-0.39, 0.29) is 19.3 Å². The Morgan fingerprint density at radius 3 is 2.38 bits per heavy atom. The summed E-state index contributed by atoms with van der Waals surface area (Å²) < 4.78 is 35.5. The number of hydrogen-bond donors (Lipinski definition) is 2. The topological polar surface area (TPSA) is 66.4 Å². The summed E-state index contributed by atoms with van der Waals surface area (Å²) in [5.41, 5.74) is 0. The third-order valence-corrected chi connectivity index (χ3v) is 1.67. The molecule has 0 aliphatic rings. The van der Waals surface area contributed by atoms with Crippen molar-refractivity contribution >= 4 is 11.9 Å². The Balaban J connectivity index is 4.30. The fraction of sp³-hybridized carbons (Fsp3) is 0.556. The van der Waals surface area contributed by atoms with E-state index in [9.17, 15) is 22.8 Å². The van der Waals surface area contributed by atoms with Crippen LogP contribution in [0.2, 0.25) is 0 Å². The number of halogens is 3. The molecule has 1 amide bonds. The molecule has 90 valence electrons. The van der Waals surface area contributed by atoms with Crippen molar-refractivity contribution in [2.75, 3.05) is 0 Å². The van der Waals surface area contributed by atoms with Crippen LogP contribution in [0.3, 0.4) is 0 Å². The summed E-state index contributed by atoms with van der Waals surface area (Å²) in [6, 6.07) is -1.57. The van der Waals surface area contributed by atoms with Crippen molar-refractivity contribution in [2.45, 2.75) is 31.5 Å². The Hall–Kier alpha value is -1.71. The second kappa shape index (κ2) is 6.00. The van der Waals surface area contributed by atoms with E-state index >= 15 is 0 Å². The van der Waals surface area contributed by atoms with E-state index in [0.29, 0.717) is 0 Å². The van der Waals surface area contributed by atoms with Crippen molar-refractivity contribution in [2.24, 2.45) is 0 Å². The van der Waals surface area contributed by atoms with Crippen molar-refractivity contribution in [3.63, 3.8) is 0 Å². The first-order valence-electron chi connectivity index (χ1n) is 4.33. The van der Waals surface area contributed by atoms with Gasteiger partial charge in [-0.3, -0.25) is 4.79 Å². The van der Waals surface area contributed by atoms with Gasteiger partial charge in [0.25, 0.3) is 0 Å². The zero-order valence-corrected chi connectivity index (χ0v) is 8.17. The Labute approximate surface area is 89.8 Å². The molecule has 0 rings (SSSR count). The number of terminal acetylenes is 1. The van der Waals surface area contributed by atoms with E-state index in [1.54, 1.807) is 0 Å². The van der Waals surface area contributed by atoms with Crippen LogP contribution in [0, 0.1) is 12.3 Å². The highest BCUT2D eigenvalue weighted by Gasteiger charge is 2.40. The number of amides is 1. The lowest BCUT2D eigenvalue weighted by Gasteiger charge is -2.14. The van der Waals surface area contributed by atoms with Crippen molar-refractivity contribution in [3.05, 3.63) is 0 Å². The number of aliphatic carboxylic acids is 1. The number of nitrogens with one attached hydrogen (secondary N) is 1. The van der Waals surface area contributed by atoms with Crippen LogP contribution in [0.25, 0.3) is 0 Å². The third kappa shape index (κ3) is 5.24. The fourth-order valence-corrected chi connectivity index (χ4v) is 0.906. The van der Waals surface area contributed by atoms with Crippen LogP contribution in [0.4, 0.5) is 13.2 Å². The first-order chi connectivity index (χ1) is 7.29. The minimum Gasteiger partial charge on any atom is -0.480 e. The summed E-state index contributed by atoms with van der Waals surface area (Å²) in [5, 5.41) is 9.94. The van der Waals surface area contributed by atoms with Gasteiger partial charge in [-0.15, -0.1) is 12.3 Å². The highest BCUT2D eigenvalue weighted by atomic mass is 19.4. The monoisotopic (exact) mass is 237 g/mol. The minimum absolute atomic E-state index is 0.138. The molecule has 0 bridgehead atoms. The molecule has 0 aliphatic carbocycles. The number of rotatable bonds is 5. The number of hydrogen-bond acceptors (Lipinski definition) is 2. The van der Waals surface area contributed by atoms with E-state index in [1.807, 2.05) is 0 Å². The predicted molar refractivity (Wildman–Crippen MR) is 48.3 cm³/mol. The number of carbonyl (C=O) groups is 2. The van der Waals surface area contributed by atoms with Crippen molar-refractivity contribution < 1.29 is 27.9 Å². The quantitative estimate of drug-likeness (QED) is 0.552.